The Bertz CT molecular complexity index is 517. The normalized spacial score (nSPS) is 21.2. The number of hydrogen-bond donors (Lipinski definition) is 2. The number of benzene rings is 1. The van der Waals surface area contributed by atoms with Crippen LogP contribution in [0.4, 0.5) is 0 Å². The third-order valence-electron chi connectivity index (χ3n) is 3.37. The first-order chi connectivity index (χ1) is 10.1. The van der Waals surface area contributed by atoms with Crippen LogP contribution in [0.5, 0.6) is 0 Å². The Hall–Kier alpha value is -1.92. The lowest BCUT2D eigenvalue weighted by Crippen LogP contribution is -2.33. The molecule has 0 saturated carbocycles. The standard InChI is InChI=1S/C15H19NO5/c1-20-9-10-3-2-4-11(7-10)14(17)16-8-12-5-6-13(21-12)15(18)19/h2-4,7,12-13H,5-6,8-9H2,1H3,(H,16,17)(H,18,19). The van der Waals surface area contributed by atoms with E-state index in [2.05, 4.69) is 5.32 Å². The van der Waals surface area contributed by atoms with Crippen LogP contribution in [0.3, 0.4) is 0 Å². The van der Waals surface area contributed by atoms with E-state index < -0.39 is 12.1 Å². The predicted octanol–water partition coefficient (Wildman–Crippen LogP) is 1.19. The van der Waals surface area contributed by atoms with Crippen molar-refractivity contribution in [1.82, 2.24) is 5.32 Å². The molecule has 0 aromatic heterocycles. The molecule has 1 saturated heterocycles. The second-order valence-electron chi connectivity index (χ2n) is 5.01. The second-order valence-corrected chi connectivity index (χ2v) is 5.01. The average Bonchev–Trinajstić information content (AvgIpc) is 2.94. The van der Waals surface area contributed by atoms with Gasteiger partial charge in [0.25, 0.3) is 5.91 Å². The number of carboxylic acid groups (broad SMARTS) is 1. The number of hydrogen-bond acceptors (Lipinski definition) is 4. The molecule has 0 spiro atoms. The van der Waals surface area contributed by atoms with E-state index in [0.717, 1.165) is 5.56 Å². The zero-order chi connectivity index (χ0) is 15.2. The number of carbonyl (C=O) groups is 2. The van der Waals surface area contributed by atoms with Gasteiger partial charge in [-0.1, -0.05) is 12.1 Å². The lowest BCUT2D eigenvalue weighted by Gasteiger charge is -2.12. The van der Waals surface area contributed by atoms with Crippen molar-refractivity contribution in [2.24, 2.45) is 0 Å². The molecule has 6 nitrogen and oxygen atoms in total. The van der Waals surface area contributed by atoms with Gasteiger partial charge >= 0.3 is 5.97 Å². The van der Waals surface area contributed by atoms with Gasteiger partial charge in [0, 0.05) is 19.2 Å². The molecule has 0 bridgehead atoms. The molecule has 0 radical (unpaired) electrons. The predicted molar refractivity (Wildman–Crippen MR) is 75.0 cm³/mol. The van der Waals surface area contributed by atoms with Gasteiger partial charge in [-0.3, -0.25) is 4.79 Å². The number of carbonyl (C=O) groups excluding carboxylic acids is 1. The Morgan fingerprint density at radius 1 is 1.43 bits per heavy atom. The van der Waals surface area contributed by atoms with Crippen LogP contribution in [-0.4, -0.2) is 42.8 Å². The number of carboxylic acids is 1. The molecule has 2 N–H and O–H groups in total. The van der Waals surface area contributed by atoms with Gasteiger partial charge in [-0.15, -0.1) is 0 Å². The highest BCUT2D eigenvalue weighted by Gasteiger charge is 2.30. The molecule has 1 aromatic rings. The van der Waals surface area contributed by atoms with Gasteiger partial charge in [-0.2, -0.15) is 0 Å². The fourth-order valence-corrected chi connectivity index (χ4v) is 2.32. The van der Waals surface area contributed by atoms with E-state index >= 15 is 0 Å². The monoisotopic (exact) mass is 293 g/mol. The van der Waals surface area contributed by atoms with E-state index in [9.17, 15) is 9.59 Å². The minimum absolute atomic E-state index is 0.199. The molecule has 0 aliphatic carbocycles. The molecule has 6 heteroatoms. The summed E-state index contributed by atoms with van der Waals surface area (Å²) in [4.78, 5) is 22.8. The van der Waals surface area contributed by atoms with Crippen LogP contribution in [0, 0.1) is 0 Å². The molecule has 1 aliphatic heterocycles. The van der Waals surface area contributed by atoms with Gasteiger partial charge in [0.05, 0.1) is 12.7 Å². The summed E-state index contributed by atoms with van der Waals surface area (Å²) in [5.74, 6) is -1.15. The summed E-state index contributed by atoms with van der Waals surface area (Å²) in [6.45, 7) is 0.768. The summed E-state index contributed by atoms with van der Waals surface area (Å²) in [7, 11) is 1.60. The number of rotatable bonds is 6. The third kappa shape index (κ3) is 4.27. The highest BCUT2D eigenvalue weighted by atomic mass is 16.5. The molecule has 1 amide bonds. The zero-order valence-corrected chi connectivity index (χ0v) is 11.9. The van der Waals surface area contributed by atoms with Gasteiger partial charge < -0.3 is 19.9 Å². The summed E-state index contributed by atoms with van der Waals surface area (Å²) >= 11 is 0. The van der Waals surface area contributed by atoms with Crippen molar-refractivity contribution >= 4 is 11.9 Å². The van der Waals surface area contributed by atoms with Crippen molar-refractivity contribution in [3.05, 3.63) is 35.4 Å². The topological polar surface area (TPSA) is 84.9 Å². The van der Waals surface area contributed by atoms with Crippen LogP contribution >= 0.6 is 0 Å². The van der Waals surface area contributed by atoms with Crippen molar-refractivity contribution in [2.45, 2.75) is 31.7 Å². The Kier molecular flexibility index (Phi) is 5.30. The first kappa shape index (κ1) is 15.5. The van der Waals surface area contributed by atoms with Crippen molar-refractivity contribution in [3.63, 3.8) is 0 Å². The maximum Gasteiger partial charge on any atom is 0.332 e. The van der Waals surface area contributed by atoms with Gasteiger partial charge in [0.15, 0.2) is 6.10 Å². The number of amides is 1. The fraction of sp³-hybridized carbons (Fsp3) is 0.467. The SMILES string of the molecule is COCc1cccc(C(=O)NCC2CCC(C(=O)O)O2)c1. The van der Waals surface area contributed by atoms with Crippen molar-refractivity contribution < 1.29 is 24.2 Å². The minimum Gasteiger partial charge on any atom is -0.479 e. The first-order valence-corrected chi connectivity index (χ1v) is 6.84. The average molecular weight is 293 g/mol. The van der Waals surface area contributed by atoms with E-state index in [0.29, 0.717) is 31.6 Å². The Morgan fingerprint density at radius 2 is 2.24 bits per heavy atom. The smallest absolute Gasteiger partial charge is 0.332 e. The highest BCUT2D eigenvalue weighted by molar-refractivity contribution is 5.94. The molecule has 1 fully saturated rings. The van der Waals surface area contributed by atoms with Crippen molar-refractivity contribution in [3.8, 4) is 0 Å². The molecule has 114 valence electrons. The van der Waals surface area contributed by atoms with E-state index in [1.807, 2.05) is 6.07 Å². The first-order valence-electron chi connectivity index (χ1n) is 6.84. The molecule has 1 aliphatic rings. The van der Waals surface area contributed by atoms with E-state index in [-0.39, 0.29) is 12.0 Å². The molecular weight excluding hydrogens is 274 g/mol. The Morgan fingerprint density at radius 3 is 2.90 bits per heavy atom. The fourth-order valence-electron chi connectivity index (χ4n) is 2.32. The number of nitrogens with one attached hydrogen (secondary N) is 1. The summed E-state index contributed by atoms with van der Waals surface area (Å²) in [5, 5.41) is 11.6. The molecule has 1 aromatic carbocycles. The van der Waals surface area contributed by atoms with Crippen LogP contribution in [0.2, 0.25) is 0 Å². The van der Waals surface area contributed by atoms with E-state index in [1.54, 1.807) is 25.3 Å². The van der Waals surface area contributed by atoms with Gasteiger partial charge in [0.2, 0.25) is 0 Å². The summed E-state index contributed by atoms with van der Waals surface area (Å²) < 4.78 is 10.4. The molecule has 2 unspecified atom stereocenters. The van der Waals surface area contributed by atoms with Crippen molar-refractivity contribution in [2.75, 3.05) is 13.7 Å². The third-order valence-corrected chi connectivity index (χ3v) is 3.37. The highest BCUT2D eigenvalue weighted by Crippen LogP contribution is 2.19. The largest absolute Gasteiger partial charge is 0.479 e. The van der Waals surface area contributed by atoms with Crippen LogP contribution in [0.25, 0.3) is 0 Å². The summed E-state index contributed by atoms with van der Waals surface area (Å²) in [6, 6.07) is 7.19. The molecular formula is C15H19NO5. The quantitative estimate of drug-likeness (QED) is 0.823. The van der Waals surface area contributed by atoms with Gasteiger partial charge in [-0.05, 0) is 30.5 Å². The lowest BCUT2D eigenvalue weighted by molar-refractivity contribution is -0.149. The van der Waals surface area contributed by atoms with Crippen LogP contribution in [-0.2, 0) is 20.9 Å². The molecule has 2 atom stereocenters. The maximum absolute atomic E-state index is 12.0. The number of methoxy groups -OCH3 is 1. The molecule has 1 heterocycles. The summed E-state index contributed by atoms with van der Waals surface area (Å²) in [5.41, 5.74) is 1.48. The number of aliphatic carboxylic acids is 1. The minimum atomic E-state index is -0.948. The molecule has 21 heavy (non-hydrogen) atoms. The Labute approximate surface area is 123 Å². The van der Waals surface area contributed by atoms with Crippen LogP contribution in [0.15, 0.2) is 24.3 Å². The Balaban J connectivity index is 1.85. The second kappa shape index (κ2) is 7.19. The molecule has 2 rings (SSSR count). The van der Waals surface area contributed by atoms with Gasteiger partial charge in [0.1, 0.15) is 0 Å². The number of ether oxygens (including phenoxy) is 2. The van der Waals surface area contributed by atoms with Crippen molar-refractivity contribution in [1.29, 1.82) is 0 Å². The lowest BCUT2D eigenvalue weighted by atomic mass is 10.1. The van der Waals surface area contributed by atoms with Crippen LogP contribution < -0.4 is 5.32 Å². The van der Waals surface area contributed by atoms with Gasteiger partial charge in [-0.25, -0.2) is 4.79 Å². The van der Waals surface area contributed by atoms with E-state index in [4.69, 9.17) is 14.6 Å². The zero-order valence-electron chi connectivity index (χ0n) is 11.9. The maximum atomic E-state index is 12.0. The van der Waals surface area contributed by atoms with E-state index in [1.165, 1.54) is 0 Å². The summed E-state index contributed by atoms with van der Waals surface area (Å²) in [6.07, 6.45) is 0.134. The van der Waals surface area contributed by atoms with Crippen LogP contribution in [0.1, 0.15) is 28.8 Å².